The fourth-order valence-electron chi connectivity index (χ4n) is 3.00. The zero-order valence-corrected chi connectivity index (χ0v) is 18.2. The first-order valence-electron chi connectivity index (χ1n) is 9.91. The summed E-state index contributed by atoms with van der Waals surface area (Å²) in [5.74, 6) is -0.624. The number of aryl methyl sites for hydroxylation is 1. The van der Waals surface area contributed by atoms with E-state index in [-0.39, 0.29) is 18.4 Å². The lowest BCUT2D eigenvalue weighted by Gasteiger charge is -2.04. The van der Waals surface area contributed by atoms with Crippen LogP contribution in [0.25, 0.3) is 23.4 Å². The molecule has 0 aliphatic rings. The molecular formula is C24H21N5O2S. The van der Waals surface area contributed by atoms with Crippen LogP contribution in [0.3, 0.4) is 0 Å². The fraction of sp³-hybridized carbons (Fsp3) is 0.0833. The van der Waals surface area contributed by atoms with Gasteiger partial charge >= 0.3 is 0 Å². The molecule has 0 aliphatic carbocycles. The summed E-state index contributed by atoms with van der Waals surface area (Å²) in [7, 11) is 1.83. The summed E-state index contributed by atoms with van der Waals surface area (Å²) in [6, 6.07) is 13.6. The van der Waals surface area contributed by atoms with Crippen LogP contribution in [0.15, 0.2) is 72.6 Å². The van der Waals surface area contributed by atoms with Gasteiger partial charge in [0.15, 0.2) is 5.13 Å². The number of nitrogens with one attached hydrogen (secondary N) is 2. The zero-order valence-electron chi connectivity index (χ0n) is 17.4. The van der Waals surface area contributed by atoms with Crippen LogP contribution >= 0.6 is 11.3 Å². The van der Waals surface area contributed by atoms with E-state index in [0.717, 1.165) is 22.4 Å². The Morgan fingerprint density at radius 2 is 1.91 bits per heavy atom. The first-order chi connectivity index (χ1) is 15.6. The summed E-state index contributed by atoms with van der Waals surface area (Å²) >= 11 is 1.34. The third kappa shape index (κ3) is 5.55. The van der Waals surface area contributed by atoms with Crippen molar-refractivity contribution in [2.75, 3.05) is 11.9 Å². The van der Waals surface area contributed by atoms with Gasteiger partial charge in [0.2, 0.25) is 5.91 Å². The van der Waals surface area contributed by atoms with Crippen LogP contribution in [-0.4, -0.2) is 32.9 Å². The van der Waals surface area contributed by atoms with Crippen molar-refractivity contribution in [3.05, 3.63) is 89.3 Å². The number of nitrogens with zero attached hydrogens (tertiary/aromatic N) is 3. The van der Waals surface area contributed by atoms with Crippen molar-refractivity contribution >= 4 is 40.4 Å². The molecule has 4 rings (SSSR count). The molecule has 3 heterocycles. The molecular weight excluding hydrogens is 422 g/mol. The Labute approximate surface area is 189 Å². The number of anilines is 1. The quantitative estimate of drug-likeness (QED) is 0.450. The van der Waals surface area contributed by atoms with Crippen LogP contribution in [0.2, 0.25) is 0 Å². The molecule has 8 heteroatoms. The highest BCUT2D eigenvalue weighted by Gasteiger charge is 2.11. The van der Waals surface area contributed by atoms with Gasteiger partial charge in [0.25, 0.3) is 5.91 Å². The lowest BCUT2D eigenvalue weighted by molar-refractivity contribution is -0.115. The highest BCUT2D eigenvalue weighted by atomic mass is 32.1. The number of carbonyl (C=O) groups excluding carboxylic acids is 2. The number of hydrogen-bond donors (Lipinski definition) is 2. The minimum absolute atomic E-state index is 0.127. The molecule has 32 heavy (non-hydrogen) atoms. The van der Waals surface area contributed by atoms with E-state index in [9.17, 15) is 9.59 Å². The average Bonchev–Trinajstić information content (AvgIpc) is 3.46. The zero-order chi connectivity index (χ0) is 22.3. The monoisotopic (exact) mass is 443 g/mol. The molecule has 0 saturated carbocycles. The Morgan fingerprint density at radius 1 is 1.09 bits per heavy atom. The average molecular weight is 444 g/mol. The maximum atomic E-state index is 12.2. The van der Waals surface area contributed by atoms with Crippen LogP contribution < -0.4 is 10.6 Å². The Morgan fingerprint density at radius 3 is 2.69 bits per heavy atom. The smallest absolute Gasteiger partial charge is 0.253 e. The van der Waals surface area contributed by atoms with Gasteiger partial charge in [-0.25, -0.2) is 4.98 Å². The Kier molecular flexibility index (Phi) is 6.52. The minimum Gasteiger partial charge on any atom is -0.356 e. The first-order valence-corrected chi connectivity index (χ1v) is 10.8. The number of carbonyl (C=O) groups is 2. The molecule has 4 aromatic rings. The number of aromatic nitrogens is 3. The predicted molar refractivity (Wildman–Crippen MR) is 127 cm³/mol. The number of hydrogen-bond acceptors (Lipinski definition) is 5. The molecule has 0 bridgehead atoms. The number of thiazole rings is 1. The van der Waals surface area contributed by atoms with Crippen molar-refractivity contribution in [2.45, 2.75) is 0 Å². The fourth-order valence-corrected chi connectivity index (χ4v) is 3.73. The molecule has 2 N–H and O–H groups in total. The van der Waals surface area contributed by atoms with Gasteiger partial charge in [-0.15, -0.1) is 11.3 Å². The molecule has 0 saturated heterocycles. The molecule has 0 spiro atoms. The van der Waals surface area contributed by atoms with Crippen molar-refractivity contribution in [2.24, 2.45) is 7.05 Å². The van der Waals surface area contributed by atoms with Crippen LogP contribution in [0, 0.1) is 0 Å². The van der Waals surface area contributed by atoms with Gasteiger partial charge < -0.3 is 15.2 Å². The van der Waals surface area contributed by atoms with Gasteiger partial charge in [-0.3, -0.25) is 14.6 Å². The Hall–Kier alpha value is -4.04. The molecule has 7 nitrogen and oxygen atoms in total. The van der Waals surface area contributed by atoms with Gasteiger partial charge in [-0.2, -0.15) is 0 Å². The number of amides is 2. The summed E-state index contributed by atoms with van der Waals surface area (Å²) < 4.78 is 1.77. The largest absolute Gasteiger partial charge is 0.356 e. The van der Waals surface area contributed by atoms with E-state index in [0.29, 0.717) is 10.7 Å². The molecule has 2 amide bonds. The Balaban J connectivity index is 1.35. The van der Waals surface area contributed by atoms with Crippen LogP contribution in [0.5, 0.6) is 0 Å². The summed E-state index contributed by atoms with van der Waals surface area (Å²) in [5.41, 5.74) is 4.36. The molecule has 3 aromatic heterocycles. The van der Waals surface area contributed by atoms with Gasteiger partial charge in [0.05, 0.1) is 17.8 Å². The Bertz CT molecular complexity index is 1260. The summed E-state index contributed by atoms with van der Waals surface area (Å²) in [5, 5.41) is 7.72. The standard InChI is InChI=1S/C24H21N5O2S/c1-29-12-9-20(15-29)23(31)26-14-22(30)28-24-27-21(16-32-24)19-4-2-3-18(13-19)6-5-17-7-10-25-11-8-17/h2-13,15-16H,14H2,1H3,(H,26,31)(H,27,28,30)/b6-5+. The van der Waals surface area contributed by atoms with Gasteiger partial charge in [-0.1, -0.05) is 30.4 Å². The number of benzene rings is 1. The van der Waals surface area contributed by atoms with Gasteiger partial charge in [-0.05, 0) is 35.4 Å². The van der Waals surface area contributed by atoms with Gasteiger partial charge in [0.1, 0.15) is 0 Å². The highest BCUT2D eigenvalue weighted by molar-refractivity contribution is 7.14. The lowest BCUT2D eigenvalue weighted by atomic mass is 10.1. The summed E-state index contributed by atoms with van der Waals surface area (Å²) in [4.78, 5) is 32.8. The molecule has 0 unspecified atom stereocenters. The SMILES string of the molecule is Cn1ccc(C(=O)NCC(=O)Nc2nc(-c3cccc(/C=C/c4ccncc4)c3)cs2)c1. The third-order valence-electron chi connectivity index (χ3n) is 4.61. The molecule has 1 aromatic carbocycles. The maximum absolute atomic E-state index is 12.2. The second kappa shape index (κ2) is 9.84. The van der Waals surface area contributed by atoms with Crippen LogP contribution in [0.4, 0.5) is 5.13 Å². The summed E-state index contributed by atoms with van der Waals surface area (Å²) in [6.45, 7) is -0.127. The molecule has 0 fully saturated rings. The molecule has 0 atom stereocenters. The van der Waals surface area contributed by atoms with E-state index in [1.165, 1.54) is 11.3 Å². The van der Waals surface area contributed by atoms with E-state index in [1.807, 2.05) is 61.0 Å². The van der Waals surface area contributed by atoms with Crippen LogP contribution in [0.1, 0.15) is 21.5 Å². The molecule has 0 aliphatic heterocycles. The number of rotatable bonds is 7. The minimum atomic E-state index is -0.329. The van der Waals surface area contributed by atoms with Crippen molar-refractivity contribution in [1.82, 2.24) is 19.9 Å². The van der Waals surface area contributed by atoms with E-state index in [2.05, 4.69) is 20.6 Å². The van der Waals surface area contributed by atoms with Crippen molar-refractivity contribution in [3.63, 3.8) is 0 Å². The number of pyridine rings is 1. The predicted octanol–water partition coefficient (Wildman–Crippen LogP) is 4.08. The second-order valence-electron chi connectivity index (χ2n) is 7.07. The van der Waals surface area contributed by atoms with E-state index in [1.54, 1.807) is 35.4 Å². The van der Waals surface area contributed by atoms with Crippen molar-refractivity contribution in [3.8, 4) is 11.3 Å². The van der Waals surface area contributed by atoms with E-state index in [4.69, 9.17) is 0 Å². The third-order valence-corrected chi connectivity index (χ3v) is 5.37. The second-order valence-corrected chi connectivity index (χ2v) is 7.93. The topological polar surface area (TPSA) is 88.9 Å². The first kappa shape index (κ1) is 21.2. The normalized spacial score (nSPS) is 10.9. The van der Waals surface area contributed by atoms with Crippen molar-refractivity contribution in [1.29, 1.82) is 0 Å². The van der Waals surface area contributed by atoms with Gasteiger partial charge in [0, 0.05) is 42.8 Å². The molecule has 0 radical (unpaired) electrons. The summed E-state index contributed by atoms with van der Waals surface area (Å²) in [6.07, 6.45) is 11.0. The highest BCUT2D eigenvalue weighted by Crippen LogP contribution is 2.26. The molecule has 160 valence electrons. The maximum Gasteiger partial charge on any atom is 0.253 e. The lowest BCUT2D eigenvalue weighted by Crippen LogP contribution is -2.32. The van der Waals surface area contributed by atoms with Crippen LogP contribution in [-0.2, 0) is 11.8 Å². The van der Waals surface area contributed by atoms with E-state index >= 15 is 0 Å². The van der Waals surface area contributed by atoms with Crippen molar-refractivity contribution < 1.29 is 9.59 Å². The van der Waals surface area contributed by atoms with E-state index < -0.39 is 0 Å².